The van der Waals surface area contributed by atoms with Gasteiger partial charge in [-0.05, 0) is 20.9 Å². The maximum Gasteiger partial charge on any atom is 0.0296 e. The van der Waals surface area contributed by atoms with Gasteiger partial charge in [0.1, 0.15) is 0 Å². The van der Waals surface area contributed by atoms with Crippen molar-refractivity contribution in [1.29, 1.82) is 0 Å². The zero-order valence-electron chi connectivity index (χ0n) is 6.84. The van der Waals surface area contributed by atoms with Crippen LogP contribution in [0.1, 0.15) is 13.8 Å². The number of hydrogen-bond acceptors (Lipinski definition) is 2. The van der Waals surface area contributed by atoms with Crippen molar-refractivity contribution in [3.8, 4) is 0 Å². The second-order valence-electron chi connectivity index (χ2n) is 3.26. The molecule has 1 aliphatic rings. The third kappa shape index (κ3) is 1.83. The molecule has 3 heteroatoms. The van der Waals surface area contributed by atoms with Crippen molar-refractivity contribution in [2.24, 2.45) is 0 Å². The highest BCUT2D eigenvalue weighted by Crippen LogP contribution is 2.18. The first-order valence-corrected chi connectivity index (χ1v) is 4.70. The highest BCUT2D eigenvalue weighted by molar-refractivity contribution is 14.1. The lowest BCUT2D eigenvalue weighted by atomic mass is 10.2. The largest absolute Gasteiger partial charge is 0.303 e. The first kappa shape index (κ1) is 8.74. The van der Waals surface area contributed by atoms with E-state index in [1.807, 2.05) is 0 Å². The van der Waals surface area contributed by atoms with Crippen molar-refractivity contribution in [2.45, 2.75) is 25.9 Å². The molecule has 0 aromatic heterocycles. The zero-order chi connectivity index (χ0) is 7.72. The summed E-state index contributed by atoms with van der Waals surface area (Å²) in [5.74, 6) is 0. The molecule has 2 unspecified atom stereocenters. The number of hydrogen-bond donors (Lipinski definition) is 0. The van der Waals surface area contributed by atoms with Gasteiger partial charge in [-0.25, -0.2) is 3.11 Å². The van der Waals surface area contributed by atoms with Crippen LogP contribution in [0.4, 0.5) is 0 Å². The van der Waals surface area contributed by atoms with Gasteiger partial charge in [-0.1, -0.05) is 0 Å². The Morgan fingerprint density at radius 1 is 1.20 bits per heavy atom. The van der Waals surface area contributed by atoms with Crippen molar-refractivity contribution in [1.82, 2.24) is 8.01 Å². The van der Waals surface area contributed by atoms with Gasteiger partial charge >= 0.3 is 0 Å². The van der Waals surface area contributed by atoms with E-state index in [4.69, 9.17) is 0 Å². The fourth-order valence-corrected chi connectivity index (χ4v) is 1.92. The lowest BCUT2D eigenvalue weighted by Gasteiger charge is -2.39. The van der Waals surface area contributed by atoms with Gasteiger partial charge in [-0.2, -0.15) is 0 Å². The molecule has 0 bridgehead atoms. The summed E-state index contributed by atoms with van der Waals surface area (Å²) in [7, 11) is 2.19. The summed E-state index contributed by atoms with van der Waals surface area (Å²) >= 11 is 2.43. The highest BCUT2D eigenvalue weighted by atomic mass is 127. The molecule has 0 aromatic rings. The molecule has 60 valence electrons. The van der Waals surface area contributed by atoms with Crippen LogP contribution >= 0.6 is 22.9 Å². The van der Waals surface area contributed by atoms with E-state index < -0.39 is 0 Å². The fourth-order valence-electron chi connectivity index (χ4n) is 1.57. The third-order valence-corrected chi connectivity index (χ3v) is 3.90. The SMILES string of the molecule is CC1CN(C)CC(C)N1I. The van der Waals surface area contributed by atoms with Crippen LogP contribution in [-0.2, 0) is 0 Å². The molecule has 1 saturated heterocycles. The molecular formula is C7H15IN2. The van der Waals surface area contributed by atoms with Crippen LogP contribution in [0.2, 0.25) is 0 Å². The molecule has 1 rings (SSSR count). The number of likely N-dealkylation sites (N-methyl/N-ethyl adjacent to an activating group) is 1. The molecule has 0 saturated carbocycles. The predicted molar refractivity (Wildman–Crippen MR) is 52.3 cm³/mol. The molecule has 0 aliphatic carbocycles. The van der Waals surface area contributed by atoms with Crippen LogP contribution in [0.3, 0.4) is 0 Å². The van der Waals surface area contributed by atoms with Crippen LogP contribution in [0.5, 0.6) is 0 Å². The summed E-state index contributed by atoms with van der Waals surface area (Å²) in [5, 5.41) is 0. The molecule has 0 spiro atoms. The Kier molecular flexibility index (Phi) is 2.94. The Labute approximate surface area is 77.1 Å². The smallest absolute Gasteiger partial charge is 0.0296 e. The van der Waals surface area contributed by atoms with Crippen LogP contribution in [0.25, 0.3) is 0 Å². The van der Waals surface area contributed by atoms with Crippen molar-refractivity contribution in [3.05, 3.63) is 0 Å². The second-order valence-corrected chi connectivity index (χ2v) is 4.38. The Bertz CT molecular complexity index is 106. The fraction of sp³-hybridized carbons (Fsp3) is 1.00. The molecule has 2 atom stereocenters. The summed E-state index contributed by atoms with van der Waals surface area (Å²) in [4.78, 5) is 2.39. The average molecular weight is 254 g/mol. The minimum Gasteiger partial charge on any atom is -0.303 e. The Balaban J connectivity index is 2.49. The summed E-state index contributed by atoms with van der Waals surface area (Å²) < 4.78 is 2.41. The number of rotatable bonds is 0. The molecule has 0 N–H and O–H groups in total. The Morgan fingerprint density at radius 3 is 2.00 bits per heavy atom. The van der Waals surface area contributed by atoms with E-state index >= 15 is 0 Å². The molecule has 0 radical (unpaired) electrons. The van der Waals surface area contributed by atoms with Gasteiger partial charge in [-0.3, -0.25) is 0 Å². The quantitative estimate of drug-likeness (QED) is 0.475. The van der Waals surface area contributed by atoms with E-state index in [0.29, 0.717) is 12.1 Å². The van der Waals surface area contributed by atoms with E-state index in [1.54, 1.807) is 0 Å². The lowest BCUT2D eigenvalue weighted by Crippen LogP contribution is -2.50. The summed E-state index contributed by atoms with van der Waals surface area (Å²) in [6.07, 6.45) is 0. The topological polar surface area (TPSA) is 6.48 Å². The Hall–Kier alpha value is 0.650. The average Bonchev–Trinajstić information content (AvgIpc) is 1.82. The second kappa shape index (κ2) is 3.36. The maximum absolute atomic E-state index is 2.43. The molecular weight excluding hydrogens is 239 g/mol. The standard InChI is InChI=1S/C7H15IN2/c1-6-4-9(3)5-7(2)10(6)8/h6-7H,4-5H2,1-3H3. The normalized spacial score (nSPS) is 38.4. The van der Waals surface area contributed by atoms with Gasteiger partial charge in [0, 0.05) is 48.0 Å². The van der Waals surface area contributed by atoms with E-state index in [1.165, 1.54) is 13.1 Å². The monoisotopic (exact) mass is 254 g/mol. The van der Waals surface area contributed by atoms with E-state index in [2.05, 4.69) is 51.8 Å². The van der Waals surface area contributed by atoms with Crippen LogP contribution < -0.4 is 0 Å². The molecule has 0 aromatic carbocycles. The molecule has 0 amide bonds. The first-order valence-electron chi connectivity index (χ1n) is 3.74. The third-order valence-electron chi connectivity index (χ3n) is 1.99. The summed E-state index contributed by atoms with van der Waals surface area (Å²) in [6, 6.07) is 1.41. The molecule has 2 nitrogen and oxygen atoms in total. The number of halogens is 1. The van der Waals surface area contributed by atoms with Crippen molar-refractivity contribution in [3.63, 3.8) is 0 Å². The van der Waals surface area contributed by atoms with Crippen LogP contribution in [0.15, 0.2) is 0 Å². The first-order chi connectivity index (χ1) is 4.61. The van der Waals surface area contributed by atoms with Gasteiger partial charge in [0.15, 0.2) is 0 Å². The van der Waals surface area contributed by atoms with E-state index in [0.717, 1.165) is 0 Å². The maximum atomic E-state index is 2.43. The number of piperazine rings is 1. The van der Waals surface area contributed by atoms with E-state index in [-0.39, 0.29) is 0 Å². The highest BCUT2D eigenvalue weighted by Gasteiger charge is 2.24. The number of nitrogens with zero attached hydrogens (tertiary/aromatic N) is 2. The predicted octanol–water partition coefficient (Wildman–Crippen LogP) is 1.36. The van der Waals surface area contributed by atoms with Gasteiger partial charge in [0.25, 0.3) is 0 Å². The molecule has 1 aliphatic heterocycles. The minimum absolute atomic E-state index is 0.703. The van der Waals surface area contributed by atoms with E-state index in [9.17, 15) is 0 Å². The summed E-state index contributed by atoms with van der Waals surface area (Å²) in [5.41, 5.74) is 0. The molecule has 1 fully saturated rings. The van der Waals surface area contributed by atoms with Gasteiger partial charge in [0.05, 0.1) is 0 Å². The van der Waals surface area contributed by atoms with Crippen molar-refractivity contribution >= 4 is 22.9 Å². The van der Waals surface area contributed by atoms with Gasteiger partial charge < -0.3 is 4.90 Å². The Morgan fingerprint density at radius 2 is 1.60 bits per heavy atom. The molecule has 1 heterocycles. The van der Waals surface area contributed by atoms with Gasteiger partial charge in [-0.15, -0.1) is 0 Å². The zero-order valence-corrected chi connectivity index (χ0v) is 9.00. The van der Waals surface area contributed by atoms with Crippen molar-refractivity contribution < 1.29 is 0 Å². The summed E-state index contributed by atoms with van der Waals surface area (Å²) in [6.45, 7) is 6.96. The molecule has 10 heavy (non-hydrogen) atoms. The van der Waals surface area contributed by atoms with Gasteiger partial charge in [0.2, 0.25) is 0 Å². The minimum atomic E-state index is 0.703. The van der Waals surface area contributed by atoms with Crippen molar-refractivity contribution in [2.75, 3.05) is 20.1 Å². The van der Waals surface area contributed by atoms with Crippen LogP contribution in [-0.4, -0.2) is 40.2 Å². The van der Waals surface area contributed by atoms with Crippen LogP contribution in [0, 0.1) is 0 Å². The lowest BCUT2D eigenvalue weighted by molar-refractivity contribution is 0.147.